The summed E-state index contributed by atoms with van der Waals surface area (Å²) in [6, 6.07) is 4.97. The van der Waals surface area contributed by atoms with E-state index in [1.54, 1.807) is 0 Å². The molecule has 0 atom stereocenters. The molecule has 0 aliphatic rings. The summed E-state index contributed by atoms with van der Waals surface area (Å²) in [5.74, 6) is -3.22. The summed E-state index contributed by atoms with van der Waals surface area (Å²) in [4.78, 5) is 22.3. The van der Waals surface area contributed by atoms with Crippen LogP contribution in [0.2, 0.25) is 0 Å². The van der Waals surface area contributed by atoms with Gasteiger partial charge in [0.25, 0.3) is 5.91 Å². The lowest BCUT2D eigenvalue weighted by Crippen LogP contribution is -2.13. The van der Waals surface area contributed by atoms with E-state index in [0.717, 1.165) is 6.07 Å². The molecule has 1 aromatic carbocycles. The minimum Gasteiger partial charge on any atom is -0.475 e. The molecule has 2 rings (SSSR count). The quantitative estimate of drug-likeness (QED) is 0.903. The number of halogens is 2. The molecule has 98 valence electrons. The maximum atomic E-state index is 13.4. The van der Waals surface area contributed by atoms with Gasteiger partial charge < -0.3 is 14.9 Å². The molecule has 6 nitrogen and oxygen atoms in total. The normalized spacial score (nSPS) is 10.2. The van der Waals surface area contributed by atoms with E-state index in [9.17, 15) is 14.0 Å². The van der Waals surface area contributed by atoms with Crippen molar-refractivity contribution in [2.75, 3.05) is 5.32 Å². The maximum Gasteiger partial charge on any atom is 0.374 e. The van der Waals surface area contributed by atoms with Crippen molar-refractivity contribution < 1.29 is 23.6 Å². The fraction of sp³-hybridized carbons (Fsp3) is 0. The van der Waals surface area contributed by atoms with Crippen molar-refractivity contribution in [1.29, 1.82) is 0 Å². The molecule has 0 bridgehead atoms. The number of hydrogen-bond donors (Lipinski definition) is 2. The molecule has 1 heterocycles. The van der Waals surface area contributed by atoms with E-state index < -0.39 is 23.5 Å². The number of anilines is 1. The Bertz CT molecular complexity index is 656. The van der Waals surface area contributed by atoms with Gasteiger partial charge in [-0.05, 0) is 18.2 Å². The number of carboxylic acids is 1. The van der Waals surface area contributed by atoms with Crippen molar-refractivity contribution in [2.45, 2.75) is 0 Å². The number of nitrogens with zero attached hydrogens (tertiary/aromatic N) is 1. The largest absolute Gasteiger partial charge is 0.475 e. The van der Waals surface area contributed by atoms with E-state index in [0.29, 0.717) is 4.47 Å². The van der Waals surface area contributed by atoms with Crippen molar-refractivity contribution in [3.05, 3.63) is 46.0 Å². The molecular formula is C11H6BrFN2O4. The van der Waals surface area contributed by atoms with Gasteiger partial charge in [-0.3, -0.25) is 4.79 Å². The van der Waals surface area contributed by atoms with Gasteiger partial charge in [0.1, 0.15) is 5.82 Å². The molecular weight excluding hydrogens is 323 g/mol. The summed E-state index contributed by atoms with van der Waals surface area (Å²) < 4.78 is 18.4. The summed E-state index contributed by atoms with van der Waals surface area (Å²) in [7, 11) is 0. The van der Waals surface area contributed by atoms with Crippen molar-refractivity contribution in [1.82, 2.24) is 5.16 Å². The van der Waals surface area contributed by atoms with Crippen LogP contribution < -0.4 is 5.32 Å². The average molecular weight is 329 g/mol. The van der Waals surface area contributed by atoms with Gasteiger partial charge in [-0.15, -0.1) is 0 Å². The third kappa shape index (κ3) is 2.97. The molecule has 0 aliphatic carbocycles. The number of carbonyl (C=O) groups is 2. The second-order valence-corrected chi connectivity index (χ2v) is 4.38. The van der Waals surface area contributed by atoms with E-state index >= 15 is 0 Å². The van der Waals surface area contributed by atoms with Crippen molar-refractivity contribution in [3.63, 3.8) is 0 Å². The molecule has 0 saturated heterocycles. The molecule has 1 aromatic heterocycles. The average Bonchev–Trinajstić information content (AvgIpc) is 2.83. The summed E-state index contributed by atoms with van der Waals surface area (Å²) in [5.41, 5.74) is -0.309. The Balaban J connectivity index is 2.20. The highest BCUT2D eigenvalue weighted by atomic mass is 79.9. The molecule has 0 spiro atoms. The van der Waals surface area contributed by atoms with Crippen molar-refractivity contribution >= 4 is 33.5 Å². The Morgan fingerprint density at radius 2 is 2.11 bits per heavy atom. The van der Waals surface area contributed by atoms with Crippen LogP contribution in [0.3, 0.4) is 0 Å². The molecule has 0 unspecified atom stereocenters. The number of rotatable bonds is 3. The minimum absolute atomic E-state index is 0.0562. The topological polar surface area (TPSA) is 92.4 Å². The highest BCUT2D eigenvalue weighted by Crippen LogP contribution is 2.20. The maximum absolute atomic E-state index is 13.4. The van der Waals surface area contributed by atoms with Gasteiger partial charge >= 0.3 is 5.97 Å². The number of carbonyl (C=O) groups excluding carboxylic acids is 1. The number of amides is 1. The highest BCUT2D eigenvalue weighted by Gasteiger charge is 2.17. The zero-order valence-corrected chi connectivity index (χ0v) is 10.8. The Hall–Kier alpha value is -2.22. The number of aromatic nitrogens is 1. The Labute approximate surface area is 114 Å². The Morgan fingerprint density at radius 1 is 1.37 bits per heavy atom. The van der Waals surface area contributed by atoms with Gasteiger partial charge in [0, 0.05) is 10.5 Å². The fourth-order valence-electron chi connectivity index (χ4n) is 1.26. The van der Waals surface area contributed by atoms with Gasteiger partial charge in [0.15, 0.2) is 5.69 Å². The predicted molar refractivity (Wildman–Crippen MR) is 65.5 cm³/mol. The molecule has 1 amide bonds. The van der Waals surface area contributed by atoms with E-state index in [-0.39, 0.29) is 11.4 Å². The van der Waals surface area contributed by atoms with Crippen LogP contribution in [0.5, 0.6) is 0 Å². The van der Waals surface area contributed by atoms with E-state index in [1.165, 1.54) is 18.2 Å². The van der Waals surface area contributed by atoms with Gasteiger partial charge in [-0.2, -0.15) is 0 Å². The van der Waals surface area contributed by atoms with Crippen LogP contribution in [0.1, 0.15) is 21.0 Å². The molecule has 8 heteroatoms. The third-order valence-corrected chi connectivity index (χ3v) is 2.62. The molecule has 2 aromatic rings. The SMILES string of the molecule is O=C(Nc1cc(Br)ccc1F)c1cc(C(=O)O)on1. The standard InChI is InChI=1S/C11H6BrFN2O4/c12-5-1-2-6(13)7(3-5)14-10(16)8-4-9(11(17)18)19-15-8/h1-4H,(H,14,16)(H,17,18). The van der Waals surface area contributed by atoms with Crippen LogP contribution in [-0.2, 0) is 0 Å². The van der Waals surface area contributed by atoms with Crippen molar-refractivity contribution in [3.8, 4) is 0 Å². The second kappa shape index (κ2) is 5.19. The van der Waals surface area contributed by atoms with E-state index in [1.807, 2.05) is 0 Å². The fourth-order valence-corrected chi connectivity index (χ4v) is 1.62. The first kappa shape index (κ1) is 13.2. The summed E-state index contributed by atoms with van der Waals surface area (Å²) in [5, 5.41) is 14.2. The monoisotopic (exact) mass is 328 g/mol. The zero-order chi connectivity index (χ0) is 14.0. The molecule has 0 fully saturated rings. The summed E-state index contributed by atoms with van der Waals surface area (Å²) in [6.07, 6.45) is 0. The first-order valence-corrected chi connectivity index (χ1v) is 5.73. The number of nitrogens with one attached hydrogen (secondary N) is 1. The van der Waals surface area contributed by atoms with Gasteiger partial charge in [0.05, 0.1) is 5.69 Å². The number of hydrogen-bond acceptors (Lipinski definition) is 4. The Morgan fingerprint density at radius 3 is 2.74 bits per heavy atom. The van der Waals surface area contributed by atoms with Crippen LogP contribution >= 0.6 is 15.9 Å². The predicted octanol–water partition coefficient (Wildman–Crippen LogP) is 2.53. The number of aromatic carboxylic acids is 1. The van der Waals surface area contributed by atoms with Crippen LogP contribution in [-0.4, -0.2) is 22.1 Å². The molecule has 0 aliphatic heterocycles. The van der Waals surface area contributed by atoms with Crippen LogP contribution in [0.25, 0.3) is 0 Å². The molecule has 2 N–H and O–H groups in total. The number of benzene rings is 1. The van der Waals surface area contributed by atoms with Gasteiger partial charge in [-0.25, -0.2) is 9.18 Å². The molecule has 0 radical (unpaired) electrons. The lowest BCUT2D eigenvalue weighted by atomic mass is 10.3. The third-order valence-electron chi connectivity index (χ3n) is 2.13. The lowest BCUT2D eigenvalue weighted by Gasteiger charge is -2.04. The van der Waals surface area contributed by atoms with E-state index in [2.05, 4.69) is 30.9 Å². The zero-order valence-electron chi connectivity index (χ0n) is 9.18. The smallest absolute Gasteiger partial charge is 0.374 e. The molecule has 19 heavy (non-hydrogen) atoms. The van der Waals surface area contributed by atoms with Crippen LogP contribution in [0.15, 0.2) is 33.3 Å². The van der Waals surface area contributed by atoms with Gasteiger partial charge in [0.2, 0.25) is 5.76 Å². The summed E-state index contributed by atoms with van der Waals surface area (Å²) in [6.45, 7) is 0. The lowest BCUT2D eigenvalue weighted by molar-refractivity contribution is 0.0651. The minimum atomic E-state index is -1.35. The Kier molecular flexibility index (Phi) is 3.61. The van der Waals surface area contributed by atoms with Gasteiger partial charge in [-0.1, -0.05) is 21.1 Å². The van der Waals surface area contributed by atoms with E-state index in [4.69, 9.17) is 5.11 Å². The van der Waals surface area contributed by atoms with Crippen molar-refractivity contribution in [2.24, 2.45) is 0 Å². The number of carboxylic acid groups (broad SMARTS) is 1. The summed E-state index contributed by atoms with van der Waals surface area (Å²) >= 11 is 3.14. The van der Waals surface area contributed by atoms with Crippen LogP contribution in [0.4, 0.5) is 10.1 Å². The second-order valence-electron chi connectivity index (χ2n) is 3.46. The first-order chi connectivity index (χ1) is 8.97. The van der Waals surface area contributed by atoms with Crippen LogP contribution in [0, 0.1) is 5.82 Å². The molecule has 0 saturated carbocycles. The first-order valence-electron chi connectivity index (χ1n) is 4.94. The highest BCUT2D eigenvalue weighted by molar-refractivity contribution is 9.10.